The molecule has 18 heavy (non-hydrogen) atoms. The monoisotopic (exact) mass is 249 g/mol. The summed E-state index contributed by atoms with van der Waals surface area (Å²) in [6.07, 6.45) is 2.15. The number of carbonyl (C=O) groups is 1. The normalized spacial score (nSPS) is 16.5. The molecule has 0 aliphatic carbocycles. The first kappa shape index (κ1) is 12.9. The van der Waals surface area contributed by atoms with E-state index >= 15 is 0 Å². The molecule has 0 radical (unpaired) electrons. The highest BCUT2D eigenvalue weighted by Gasteiger charge is 2.15. The molecule has 0 aromatic heterocycles. The van der Waals surface area contributed by atoms with Crippen LogP contribution in [0.25, 0.3) is 0 Å². The van der Waals surface area contributed by atoms with Crippen LogP contribution in [0.5, 0.6) is 0 Å². The van der Waals surface area contributed by atoms with E-state index in [0.717, 1.165) is 43.9 Å². The van der Waals surface area contributed by atoms with Crippen molar-refractivity contribution in [1.82, 2.24) is 0 Å². The molecule has 1 aliphatic heterocycles. The third kappa shape index (κ3) is 3.01. The predicted molar refractivity (Wildman–Crippen MR) is 70.2 cm³/mol. The Kier molecular flexibility index (Phi) is 4.20. The number of aromatic carboxylic acids is 1. The van der Waals surface area contributed by atoms with Gasteiger partial charge in [-0.05, 0) is 43.4 Å². The van der Waals surface area contributed by atoms with Gasteiger partial charge in [-0.15, -0.1) is 0 Å². The summed E-state index contributed by atoms with van der Waals surface area (Å²) in [5.41, 5.74) is 2.09. The number of nitrogens with one attached hydrogen (secondary N) is 1. The Bertz CT molecular complexity index is 425. The minimum atomic E-state index is -0.873. The zero-order chi connectivity index (χ0) is 13.0. The summed E-state index contributed by atoms with van der Waals surface area (Å²) in [6.45, 7) is 4.39. The van der Waals surface area contributed by atoms with Crippen LogP contribution in [0.4, 0.5) is 5.69 Å². The van der Waals surface area contributed by atoms with Gasteiger partial charge in [-0.1, -0.05) is 6.07 Å². The highest BCUT2D eigenvalue weighted by molar-refractivity contribution is 5.91. The summed E-state index contributed by atoms with van der Waals surface area (Å²) in [5.74, 6) is -0.256. The van der Waals surface area contributed by atoms with Crippen molar-refractivity contribution in [2.24, 2.45) is 5.92 Å². The summed E-state index contributed by atoms with van der Waals surface area (Å²) in [6, 6.07) is 5.35. The van der Waals surface area contributed by atoms with Crippen molar-refractivity contribution in [2.75, 3.05) is 25.1 Å². The third-order valence-corrected chi connectivity index (χ3v) is 3.49. The number of benzene rings is 1. The second-order valence-corrected chi connectivity index (χ2v) is 4.72. The Morgan fingerprint density at radius 2 is 2.17 bits per heavy atom. The van der Waals surface area contributed by atoms with Gasteiger partial charge in [0.2, 0.25) is 0 Å². The van der Waals surface area contributed by atoms with Crippen molar-refractivity contribution in [2.45, 2.75) is 19.8 Å². The average molecular weight is 249 g/mol. The molecule has 4 heteroatoms. The van der Waals surface area contributed by atoms with Gasteiger partial charge in [-0.2, -0.15) is 0 Å². The average Bonchev–Trinajstić information content (AvgIpc) is 2.38. The molecule has 2 N–H and O–H groups in total. The molecule has 0 bridgehead atoms. The van der Waals surface area contributed by atoms with E-state index < -0.39 is 5.97 Å². The molecular weight excluding hydrogens is 230 g/mol. The fourth-order valence-electron chi connectivity index (χ4n) is 2.26. The van der Waals surface area contributed by atoms with E-state index in [1.807, 2.05) is 13.0 Å². The first-order valence-electron chi connectivity index (χ1n) is 6.33. The van der Waals surface area contributed by atoms with Crippen LogP contribution in [-0.2, 0) is 4.74 Å². The van der Waals surface area contributed by atoms with E-state index in [2.05, 4.69) is 5.32 Å². The number of hydrogen-bond acceptors (Lipinski definition) is 3. The van der Waals surface area contributed by atoms with Gasteiger partial charge in [0.25, 0.3) is 0 Å². The van der Waals surface area contributed by atoms with Crippen molar-refractivity contribution < 1.29 is 14.6 Å². The van der Waals surface area contributed by atoms with E-state index in [0.29, 0.717) is 11.5 Å². The zero-order valence-electron chi connectivity index (χ0n) is 10.6. The molecule has 1 aromatic rings. The summed E-state index contributed by atoms with van der Waals surface area (Å²) in [5, 5.41) is 12.4. The van der Waals surface area contributed by atoms with Gasteiger partial charge < -0.3 is 15.2 Å². The first-order chi connectivity index (χ1) is 8.68. The molecule has 0 amide bonds. The summed E-state index contributed by atoms with van der Waals surface area (Å²) >= 11 is 0. The van der Waals surface area contributed by atoms with E-state index in [1.165, 1.54) is 0 Å². The molecule has 1 aromatic carbocycles. The molecule has 4 nitrogen and oxygen atoms in total. The maximum Gasteiger partial charge on any atom is 0.336 e. The second-order valence-electron chi connectivity index (χ2n) is 4.72. The molecule has 1 fully saturated rings. The van der Waals surface area contributed by atoms with Crippen LogP contribution in [0, 0.1) is 12.8 Å². The lowest BCUT2D eigenvalue weighted by molar-refractivity contribution is 0.0695. The maximum absolute atomic E-state index is 11.0. The standard InChI is InChI=1S/C14H19NO3/c1-10-12(14(16)17)3-2-4-13(10)15-9-11-5-7-18-8-6-11/h2-4,11,15H,5-9H2,1H3,(H,16,17). The Morgan fingerprint density at radius 3 is 2.83 bits per heavy atom. The maximum atomic E-state index is 11.0. The quantitative estimate of drug-likeness (QED) is 0.861. The van der Waals surface area contributed by atoms with Crippen LogP contribution in [0.1, 0.15) is 28.8 Å². The van der Waals surface area contributed by atoms with Crippen LogP contribution in [0.3, 0.4) is 0 Å². The number of carboxylic acids is 1. The van der Waals surface area contributed by atoms with Crippen molar-refractivity contribution in [3.05, 3.63) is 29.3 Å². The van der Waals surface area contributed by atoms with Crippen LogP contribution < -0.4 is 5.32 Å². The Balaban J connectivity index is 2.00. The van der Waals surface area contributed by atoms with Crippen molar-refractivity contribution in [3.63, 3.8) is 0 Å². The lowest BCUT2D eigenvalue weighted by atomic mass is 10.00. The fraction of sp³-hybridized carbons (Fsp3) is 0.500. The van der Waals surface area contributed by atoms with E-state index in [1.54, 1.807) is 12.1 Å². The van der Waals surface area contributed by atoms with Crippen molar-refractivity contribution in [3.8, 4) is 0 Å². The summed E-state index contributed by atoms with van der Waals surface area (Å²) in [4.78, 5) is 11.0. The summed E-state index contributed by atoms with van der Waals surface area (Å²) in [7, 11) is 0. The van der Waals surface area contributed by atoms with Gasteiger partial charge in [0.05, 0.1) is 5.56 Å². The Labute approximate surface area is 107 Å². The molecule has 2 rings (SSSR count). The fourth-order valence-corrected chi connectivity index (χ4v) is 2.26. The highest BCUT2D eigenvalue weighted by atomic mass is 16.5. The van der Waals surface area contributed by atoms with Gasteiger partial charge in [0.1, 0.15) is 0 Å². The smallest absolute Gasteiger partial charge is 0.336 e. The van der Waals surface area contributed by atoms with E-state index in [9.17, 15) is 4.79 Å². The van der Waals surface area contributed by atoms with Gasteiger partial charge in [0.15, 0.2) is 0 Å². The SMILES string of the molecule is Cc1c(NCC2CCOCC2)cccc1C(=O)O. The van der Waals surface area contributed by atoms with E-state index in [4.69, 9.17) is 9.84 Å². The molecule has 1 heterocycles. The number of rotatable bonds is 4. The second kappa shape index (κ2) is 5.87. The molecule has 98 valence electrons. The number of ether oxygens (including phenoxy) is 1. The van der Waals surface area contributed by atoms with Gasteiger partial charge in [0, 0.05) is 25.4 Å². The summed E-state index contributed by atoms with van der Waals surface area (Å²) < 4.78 is 5.32. The van der Waals surface area contributed by atoms with Gasteiger partial charge >= 0.3 is 5.97 Å². The zero-order valence-corrected chi connectivity index (χ0v) is 10.6. The molecule has 0 spiro atoms. The van der Waals surface area contributed by atoms with Crippen LogP contribution >= 0.6 is 0 Å². The molecule has 0 saturated carbocycles. The molecule has 0 unspecified atom stereocenters. The first-order valence-corrected chi connectivity index (χ1v) is 6.33. The Hall–Kier alpha value is -1.55. The number of anilines is 1. The predicted octanol–water partition coefficient (Wildman–Crippen LogP) is 2.53. The van der Waals surface area contributed by atoms with Crippen molar-refractivity contribution in [1.29, 1.82) is 0 Å². The van der Waals surface area contributed by atoms with E-state index in [-0.39, 0.29) is 0 Å². The lowest BCUT2D eigenvalue weighted by Crippen LogP contribution is -2.23. The van der Waals surface area contributed by atoms with Crippen LogP contribution in [0.2, 0.25) is 0 Å². The van der Waals surface area contributed by atoms with Gasteiger partial charge in [-0.25, -0.2) is 4.79 Å². The van der Waals surface area contributed by atoms with Gasteiger partial charge in [-0.3, -0.25) is 0 Å². The largest absolute Gasteiger partial charge is 0.478 e. The molecule has 0 atom stereocenters. The molecule has 1 saturated heterocycles. The lowest BCUT2D eigenvalue weighted by Gasteiger charge is -2.23. The molecular formula is C14H19NO3. The topological polar surface area (TPSA) is 58.6 Å². The third-order valence-electron chi connectivity index (χ3n) is 3.49. The number of hydrogen-bond donors (Lipinski definition) is 2. The highest BCUT2D eigenvalue weighted by Crippen LogP contribution is 2.21. The number of carboxylic acid groups (broad SMARTS) is 1. The van der Waals surface area contributed by atoms with Crippen LogP contribution in [0.15, 0.2) is 18.2 Å². The minimum Gasteiger partial charge on any atom is -0.478 e. The van der Waals surface area contributed by atoms with Crippen molar-refractivity contribution >= 4 is 11.7 Å². The van der Waals surface area contributed by atoms with Crippen LogP contribution in [-0.4, -0.2) is 30.8 Å². The minimum absolute atomic E-state index is 0.368. The molecule has 1 aliphatic rings. The Morgan fingerprint density at radius 1 is 1.44 bits per heavy atom.